The third-order valence-electron chi connectivity index (χ3n) is 2.09. The fraction of sp³-hybridized carbons (Fsp3) is 0. The van der Waals surface area contributed by atoms with E-state index in [-0.39, 0.29) is 5.75 Å². The highest BCUT2D eigenvalue weighted by molar-refractivity contribution is 6.33. The fourth-order valence-corrected chi connectivity index (χ4v) is 1.45. The zero-order valence-electron chi connectivity index (χ0n) is 8.44. The van der Waals surface area contributed by atoms with Crippen molar-refractivity contribution in [3.8, 4) is 17.6 Å². The number of rotatable bonds is 0. The molecule has 0 saturated heterocycles. The quantitative estimate of drug-likeness (QED) is 0.685. The molecule has 2 rings (SSSR count). The number of aromatic hydroxyl groups is 1. The smallest absolute Gasteiger partial charge is 0.135 e. The summed E-state index contributed by atoms with van der Waals surface area (Å²) in [5.74, 6) is 5.97. The standard InChI is InChI=1S/C14H9ClO/c15-14-12(7-4-8-13(14)16)10-9-11-5-2-1-3-6-11/h1-8,16H. The van der Waals surface area contributed by atoms with E-state index in [1.54, 1.807) is 12.1 Å². The minimum Gasteiger partial charge on any atom is -0.506 e. The van der Waals surface area contributed by atoms with Gasteiger partial charge in [-0.05, 0) is 24.3 Å². The average molecular weight is 229 g/mol. The summed E-state index contributed by atoms with van der Waals surface area (Å²) in [4.78, 5) is 0. The number of phenols is 1. The molecule has 78 valence electrons. The minimum atomic E-state index is 0.0570. The van der Waals surface area contributed by atoms with Crippen LogP contribution < -0.4 is 0 Å². The second kappa shape index (κ2) is 4.74. The minimum absolute atomic E-state index is 0.0570. The molecule has 0 radical (unpaired) electrons. The second-order valence-corrected chi connectivity index (χ2v) is 3.63. The molecule has 0 atom stereocenters. The van der Waals surface area contributed by atoms with Gasteiger partial charge in [-0.1, -0.05) is 47.7 Å². The number of phenolic OH excluding ortho intramolecular Hbond substituents is 1. The Morgan fingerprint density at radius 1 is 0.875 bits per heavy atom. The van der Waals surface area contributed by atoms with Crippen LogP contribution >= 0.6 is 11.6 Å². The molecule has 2 heteroatoms. The van der Waals surface area contributed by atoms with Gasteiger partial charge in [-0.2, -0.15) is 0 Å². The highest BCUT2D eigenvalue weighted by atomic mass is 35.5. The van der Waals surface area contributed by atoms with E-state index in [1.165, 1.54) is 6.07 Å². The maximum absolute atomic E-state index is 9.40. The zero-order valence-corrected chi connectivity index (χ0v) is 9.20. The van der Waals surface area contributed by atoms with Gasteiger partial charge in [-0.15, -0.1) is 0 Å². The number of halogens is 1. The van der Waals surface area contributed by atoms with E-state index in [0.29, 0.717) is 10.6 Å². The summed E-state index contributed by atoms with van der Waals surface area (Å²) < 4.78 is 0. The van der Waals surface area contributed by atoms with Crippen molar-refractivity contribution in [1.82, 2.24) is 0 Å². The molecule has 0 amide bonds. The van der Waals surface area contributed by atoms with Crippen molar-refractivity contribution in [1.29, 1.82) is 0 Å². The van der Waals surface area contributed by atoms with Crippen molar-refractivity contribution < 1.29 is 5.11 Å². The molecule has 1 nitrogen and oxygen atoms in total. The van der Waals surface area contributed by atoms with Gasteiger partial charge in [0, 0.05) is 11.1 Å². The molecule has 0 bridgehead atoms. The van der Waals surface area contributed by atoms with Crippen LogP contribution in [-0.2, 0) is 0 Å². The van der Waals surface area contributed by atoms with E-state index in [1.807, 2.05) is 30.3 Å². The van der Waals surface area contributed by atoms with Crippen LogP contribution in [0.25, 0.3) is 0 Å². The Morgan fingerprint density at radius 2 is 1.62 bits per heavy atom. The first-order valence-corrected chi connectivity index (χ1v) is 5.20. The summed E-state index contributed by atoms with van der Waals surface area (Å²) in [7, 11) is 0. The third-order valence-corrected chi connectivity index (χ3v) is 2.49. The van der Waals surface area contributed by atoms with Crippen molar-refractivity contribution in [2.45, 2.75) is 0 Å². The molecule has 0 aliphatic rings. The zero-order chi connectivity index (χ0) is 11.4. The van der Waals surface area contributed by atoms with Gasteiger partial charge in [0.05, 0.1) is 5.02 Å². The van der Waals surface area contributed by atoms with E-state index in [0.717, 1.165) is 5.56 Å². The highest BCUT2D eigenvalue weighted by Gasteiger charge is 2.00. The Bertz CT molecular complexity index is 550. The Hall–Kier alpha value is -1.91. The maximum atomic E-state index is 9.40. The first kappa shape index (κ1) is 10.6. The van der Waals surface area contributed by atoms with E-state index < -0.39 is 0 Å². The van der Waals surface area contributed by atoms with Crippen LogP contribution in [0.1, 0.15) is 11.1 Å². The normalized spacial score (nSPS) is 9.31. The van der Waals surface area contributed by atoms with Crippen LogP contribution in [0.5, 0.6) is 5.75 Å². The van der Waals surface area contributed by atoms with Crippen molar-refractivity contribution in [3.63, 3.8) is 0 Å². The number of hydrogen-bond acceptors (Lipinski definition) is 1. The molecule has 2 aromatic rings. The van der Waals surface area contributed by atoms with Gasteiger partial charge in [0.15, 0.2) is 0 Å². The van der Waals surface area contributed by atoms with Gasteiger partial charge in [0.1, 0.15) is 5.75 Å². The molecule has 0 saturated carbocycles. The highest BCUT2D eigenvalue weighted by Crippen LogP contribution is 2.25. The summed E-state index contributed by atoms with van der Waals surface area (Å²) in [6, 6.07) is 14.7. The van der Waals surface area contributed by atoms with Crippen LogP contribution in [0.3, 0.4) is 0 Å². The lowest BCUT2D eigenvalue weighted by Crippen LogP contribution is -1.78. The van der Waals surface area contributed by atoms with Crippen molar-refractivity contribution in [2.75, 3.05) is 0 Å². The van der Waals surface area contributed by atoms with E-state index in [9.17, 15) is 5.11 Å². The molecular weight excluding hydrogens is 220 g/mol. The van der Waals surface area contributed by atoms with E-state index >= 15 is 0 Å². The molecule has 16 heavy (non-hydrogen) atoms. The summed E-state index contributed by atoms with van der Waals surface area (Å²) in [5, 5.41) is 9.69. The van der Waals surface area contributed by atoms with Crippen molar-refractivity contribution >= 4 is 11.6 Å². The van der Waals surface area contributed by atoms with Gasteiger partial charge in [0.25, 0.3) is 0 Å². The van der Waals surface area contributed by atoms with Crippen molar-refractivity contribution in [2.24, 2.45) is 0 Å². The van der Waals surface area contributed by atoms with Gasteiger partial charge in [0.2, 0.25) is 0 Å². The maximum Gasteiger partial charge on any atom is 0.135 e. The fourth-order valence-electron chi connectivity index (χ4n) is 1.28. The van der Waals surface area contributed by atoms with Gasteiger partial charge >= 0.3 is 0 Å². The third kappa shape index (κ3) is 2.36. The Balaban J connectivity index is 2.35. The average Bonchev–Trinajstić information content (AvgIpc) is 2.32. The lowest BCUT2D eigenvalue weighted by Gasteiger charge is -1.97. The van der Waals surface area contributed by atoms with Crippen LogP contribution in [0.15, 0.2) is 48.5 Å². The molecular formula is C14H9ClO. The van der Waals surface area contributed by atoms with Crippen LogP contribution in [0.4, 0.5) is 0 Å². The van der Waals surface area contributed by atoms with Crippen LogP contribution in [0, 0.1) is 11.8 Å². The summed E-state index contributed by atoms with van der Waals surface area (Å²) in [5.41, 5.74) is 1.55. The Kier molecular flexibility index (Phi) is 3.14. The van der Waals surface area contributed by atoms with Gasteiger partial charge in [-0.25, -0.2) is 0 Å². The SMILES string of the molecule is Oc1cccc(C#Cc2ccccc2)c1Cl. The predicted octanol–water partition coefficient (Wildman–Crippen LogP) is 3.45. The Morgan fingerprint density at radius 3 is 2.38 bits per heavy atom. The van der Waals surface area contributed by atoms with Gasteiger partial charge in [-0.3, -0.25) is 0 Å². The summed E-state index contributed by atoms with van der Waals surface area (Å²) >= 11 is 5.91. The topological polar surface area (TPSA) is 20.2 Å². The van der Waals surface area contributed by atoms with Gasteiger partial charge < -0.3 is 5.11 Å². The molecule has 0 unspecified atom stereocenters. The molecule has 0 aliphatic heterocycles. The molecule has 1 N–H and O–H groups in total. The van der Waals surface area contributed by atoms with E-state index in [2.05, 4.69) is 11.8 Å². The molecule has 0 fully saturated rings. The first-order valence-electron chi connectivity index (χ1n) is 4.82. The first-order chi connectivity index (χ1) is 7.77. The monoisotopic (exact) mass is 228 g/mol. The molecule has 0 aromatic heterocycles. The lowest BCUT2D eigenvalue weighted by atomic mass is 10.2. The molecule has 2 aromatic carbocycles. The van der Waals surface area contributed by atoms with Crippen molar-refractivity contribution in [3.05, 3.63) is 64.7 Å². The number of benzene rings is 2. The molecule has 0 heterocycles. The molecule has 0 spiro atoms. The predicted molar refractivity (Wildman–Crippen MR) is 65.5 cm³/mol. The Labute approximate surface area is 99.3 Å². The van der Waals surface area contributed by atoms with Crippen LogP contribution in [0.2, 0.25) is 5.02 Å². The summed E-state index contributed by atoms with van der Waals surface area (Å²) in [6.07, 6.45) is 0. The number of hydrogen-bond donors (Lipinski definition) is 1. The van der Waals surface area contributed by atoms with E-state index in [4.69, 9.17) is 11.6 Å². The lowest BCUT2D eigenvalue weighted by molar-refractivity contribution is 0.475. The second-order valence-electron chi connectivity index (χ2n) is 3.25. The summed E-state index contributed by atoms with van der Waals surface area (Å²) in [6.45, 7) is 0. The largest absolute Gasteiger partial charge is 0.506 e. The van der Waals surface area contributed by atoms with Crippen LogP contribution in [-0.4, -0.2) is 5.11 Å². The molecule has 0 aliphatic carbocycles.